The molecule has 0 radical (unpaired) electrons. The lowest BCUT2D eigenvalue weighted by Crippen LogP contribution is -2.29. The maximum absolute atomic E-state index is 4.78. The molecule has 1 aromatic heterocycles. The summed E-state index contributed by atoms with van der Waals surface area (Å²) in [6.45, 7) is 8.61. The Labute approximate surface area is 116 Å². The first-order valence-electron chi connectivity index (χ1n) is 7.41. The van der Waals surface area contributed by atoms with Gasteiger partial charge in [0, 0.05) is 12.1 Å². The van der Waals surface area contributed by atoms with Gasteiger partial charge in [-0.1, -0.05) is 6.07 Å². The number of hydrogen-bond acceptors (Lipinski definition) is 4. The molecule has 106 valence electrons. The van der Waals surface area contributed by atoms with Crippen LogP contribution in [0.3, 0.4) is 0 Å². The highest BCUT2D eigenvalue weighted by Gasteiger charge is 2.11. The van der Waals surface area contributed by atoms with Crippen LogP contribution in [0.4, 0.5) is 0 Å². The molecule has 0 spiro atoms. The van der Waals surface area contributed by atoms with Crippen LogP contribution in [-0.4, -0.2) is 31.2 Å². The number of aromatic nitrogens is 1. The molecule has 0 fully saturated rings. The standard InChI is InChI=1S/C15H26N4/c1-12-14-6-3-7-15(19-14)13(2)18-11-5-9-16-8-4-10-17-12/h3,6-7,12-13,16-18H,4-5,8-11H2,1-2H3/t12-,13+. The molecule has 2 heterocycles. The molecule has 0 aliphatic carbocycles. The van der Waals surface area contributed by atoms with Gasteiger partial charge in [-0.25, -0.2) is 0 Å². The smallest absolute Gasteiger partial charge is 0.0574 e. The molecule has 1 aliphatic heterocycles. The van der Waals surface area contributed by atoms with Crippen molar-refractivity contribution in [3.63, 3.8) is 0 Å². The molecule has 19 heavy (non-hydrogen) atoms. The SMILES string of the molecule is C[C@@H]1NCCCNCCCN[C@H](C)c2cccc1n2. The van der Waals surface area contributed by atoms with Crippen molar-refractivity contribution in [2.45, 2.75) is 38.8 Å². The maximum atomic E-state index is 4.78. The second-order valence-electron chi connectivity index (χ2n) is 5.30. The van der Waals surface area contributed by atoms with Crippen molar-refractivity contribution in [3.05, 3.63) is 29.6 Å². The average molecular weight is 262 g/mol. The van der Waals surface area contributed by atoms with Gasteiger partial charge in [-0.2, -0.15) is 0 Å². The second kappa shape index (κ2) is 7.58. The minimum atomic E-state index is 0.315. The molecular weight excluding hydrogens is 236 g/mol. The summed E-state index contributed by atoms with van der Waals surface area (Å²) in [4.78, 5) is 4.78. The van der Waals surface area contributed by atoms with Gasteiger partial charge in [0.1, 0.15) is 0 Å². The van der Waals surface area contributed by atoms with Gasteiger partial charge in [-0.15, -0.1) is 0 Å². The molecule has 0 unspecified atom stereocenters. The monoisotopic (exact) mass is 262 g/mol. The Kier molecular flexibility index (Phi) is 5.76. The third-order valence-corrected chi connectivity index (χ3v) is 3.64. The summed E-state index contributed by atoms with van der Waals surface area (Å²) in [5.41, 5.74) is 2.27. The number of fused-ring (bicyclic) bond motifs is 2. The van der Waals surface area contributed by atoms with Crippen LogP contribution in [-0.2, 0) is 0 Å². The summed E-state index contributed by atoms with van der Waals surface area (Å²) in [5.74, 6) is 0. The van der Waals surface area contributed by atoms with Crippen molar-refractivity contribution in [2.24, 2.45) is 0 Å². The lowest BCUT2D eigenvalue weighted by molar-refractivity contribution is 0.495. The van der Waals surface area contributed by atoms with Crippen molar-refractivity contribution in [3.8, 4) is 0 Å². The van der Waals surface area contributed by atoms with Gasteiger partial charge in [0.05, 0.1) is 11.4 Å². The largest absolute Gasteiger partial charge is 0.317 e. The van der Waals surface area contributed by atoms with E-state index in [0.29, 0.717) is 12.1 Å². The molecule has 0 amide bonds. The van der Waals surface area contributed by atoms with Gasteiger partial charge in [0.2, 0.25) is 0 Å². The average Bonchev–Trinajstić information content (AvgIpc) is 2.44. The van der Waals surface area contributed by atoms with Crippen LogP contribution in [0.1, 0.15) is 50.2 Å². The molecule has 0 saturated carbocycles. The molecule has 4 nitrogen and oxygen atoms in total. The molecule has 2 rings (SSSR count). The van der Waals surface area contributed by atoms with E-state index in [2.05, 4.69) is 48.0 Å². The topological polar surface area (TPSA) is 49.0 Å². The Morgan fingerprint density at radius 2 is 1.42 bits per heavy atom. The second-order valence-corrected chi connectivity index (χ2v) is 5.30. The van der Waals surface area contributed by atoms with E-state index in [1.807, 2.05) is 0 Å². The molecule has 2 atom stereocenters. The maximum Gasteiger partial charge on any atom is 0.0574 e. The van der Waals surface area contributed by atoms with Gasteiger partial charge < -0.3 is 16.0 Å². The number of hydrogen-bond donors (Lipinski definition) is 3. The van der Waals surface area contributed by atoms with Crippen LogP contribution in [0.15, 0.2) is 18.2 Å². The summed E-state index contributed by atoms with van der Waals surface area (Å²) < 4.78 is 0. The fourth-order valence-corrected chi connectivity index (χ4v) is 2.35. The van der Waals surface area contributed by atoms with E-state index in [9.17, 15) is 0 Å². The zero-order chi connectivity index (χ0) is 13.5. The lowest BCUT2D eigenvalue weighted by Gasteiger charge is -2.18. The Morgan fingerprint density at radius 3 is 1.95 bits per heavy atom. The fraction of sp³-hybridized carbons (Fsp3) is 0.667. The fourth-order valence-electron chi connectivity index (χ4n) is 2.35. The predicted molar refractivity (Wildman–Crippen MR) is 79.2 cm³/mol. The Balaban J connectivity index is 2.08. The minimum Gasteiger partial charge on any atom is -0.317 e. The van der Waals surface area contributed by atoms with Gasteiger partial charge in [-0.05, 0) is 65.0 Å². The van der Waals surface area contributed by atoms with Crippen molar-refractivity contribution in [1.82, 2.24) is 20.9 Å². The van der Waals surface area contributed by atoms with E-state index >= 15 is 0 Å². The highest BCUT2D eigenvalue weighted by atomic mass is 15.0. The summed E-state index contributed by atoms with van der Waals surface area (Å²) in [6, 6.07) is 6.96. The van der Waals surface area contributed by atoms with Crippen molar-refractivity contribution in [2.75, 3.05) is 26.2 Å². The highest BCUT2D eigenvalue weighted by molar-refractivity contribution is 5.16. The van der Waals surface area contributed by atoms with Gasteiger partial charge in [0.25, 0.3) is 0 Å². The van der Waals surface area contributed by atoms with Crippen molar-refractivity contribution in [1.29, 1.82) is 0 Å². The van der Waals surface area contributed by atoms with Gasteiger partial charge in [0.15, 0.2) is 0 Å². The van der Waals surface area contributed by atoms with E-state index in [1.54, 1.807) is 0 Å². The number of rotatable bonds is 0. The molecule has 1 aromatic rings. The molecule has 4 heteroatoms. The van der Waals surface area contributed by atoms with Crippen LogP contribution >= 0.6 is 0 Å². The van der Waals surface area contributed by atoms with Crippen molar-refractivity contribution < 1.29 is 0 Å². The Morgan fingerprint density at radius 1 is 0.895 bits per heavy atom. The molecule has 0 aromatic carbocycles. The van der Waals surface area contributed by atoms with Crippen molar-refractivity contribution >= 4 is 0 Å². The first kappa shape index (κ1) is 14.4. The third-order valence-electron chi connectivity index (χ3n) is 3.64. The first-order valence-corrected chi connectivity index (χ1v) is 7.41. The number of nitrogens with zero attached hydrogens (tertiary/aromatic N) is 1. The van der Waals surface area contributed by atoms with E-state index in [4.69, 9.17) is 4.98 Å². The molecule has 2 bridgehead atoms. The summed E-state index contributed by atoms with van der Waals surface area (Å²) in [5, 5.41) is 10.6. The minimum absolute atomic E-state index is 0.315. The van der Waals surface area contributed by atoms with Gasteiger partial charge >= 0.3 is 0 Å². The van der Waals surface area contributed by atoms with E-state index in [0.717, 1.165) is 50.4 Å². The number of nitrogens with one attached hydrogen (secondary N) is 3. The van der Waals surface area contributed by atoms with E-state index in [-0.39, 0.29) is 0 Å². The molecular formula is C15H26N4. The molecule has 1 aliphatic rings. The van der Waals surface area contributed by atoms with Gasteiger partial charge in [-0.3, -0.25) is 4.98 Å². The lowest BCUT2D eigenvalue weighted by atomic mass is 10.1. The van der Waals surface area contributed by atoms with Crippen LogP contribution in [0.2, 0.25) is 0 Å². The molecule has 0 saturated heterocycles. The van der Waals surface area contributed by atoms with Crippen LogP contribution in [0, 0.1) is 0 Å². The van der Waals surface area contributed by atoms with Crippen LogP contribution < -0.4 is 16.0 Å². The zero-order valence-electron chi connectivity index (χ0n) is 12.1. The summed E-state index contributed by atoms with van der Waals surface area (Å²) in [7, 11) is 0. The number of pyridine rings is 1. The summed E-state index contributed by atoms with van der Waals surface area (Å²) in [6.07, 6.45) is 2.32. The normalized spacial score (nSPS) is 26.6. The van der Waals surface area contributed by atoms with Crippen LogP contribution in [0.5, 0.6) is 0 Å². The van der Waals surface area contributed by atoms with Crippen LogP contribution in [0.25, 0.3) is 0 Å². The van der Waals surface area contributed by atoms with E-state index < -0.39 is 0 Å². The third kappa shape index (κ3) is 4.56. The zero-order valence-corrected chi connectivity index (χ0v) is 12.1. The Bertz CT molecular complexity index is 349. The summed E-state index contributed by atoms with van der Waals surface area (Å²) >= 11 is 0. The molecule has 3 N–H and O–H groups in total. The van der Waals surface area contributed by atoms with E-state index in [1.165, 1.54) is 0 Å². The first-order chi connectivity index (χ1) is 9.27. The highest BCUT2D eigenvalue weighted by Crippen LogP contribution is 2.14. The quantitative estimate of drug-likeness (QED) is 0.667. The predicted octanol–water partition coefficient (Wildman–Crippen LogP) is 1.77. The Hall–Kier alpha value is -0.970.